The first-order valence-electron chi connectivity index (χ1n) is 11.8. The van der Waals surface area contributed by atoms with Gasteiger partial charge in [-0.05, 0) is 66.2 Å². The van der Waals surface area contributed by atoms with E-state index in [9.17, 15) is 14.0 Å². The molecule has 3 heterocycles. The second-order valence-electron chi connectivity index (χ2n) is 8.66. The highest BCUT2D eigenvalue weighted by Gasteiger charge is 2.24. The highest BCUT2D eigenvalue weighted by Crippen LogP contribution is 2.27. The lowest BCUT2D eigenvalue weighted by atomic mass is 10.1. The van der Waals surface area contributed by atoms with Crippen molar-refractivity contribution in [2.24, 2.45) is 0 Å². The molecule has 1 fully saturated rings. The monoisotopic (exact) mass is 534 g/mol. The first-order valence-corrected chi connectivity index (χ1v) is 13.0. The van der Waals surface area contributed by atoms with Gasteiger partial charge in [0.05, 0.1) is 15.8 Å². The first kappa shape index (κ1) is 24.9. The van der Waals surface area contributed by atoms with E-state index in [0.717, 1.165) is 11.3 Å². The summed E-state index contributed by atoms with van der Waals surface area (Å²) in [7, 11) is 0. The molecule has 37 heavy (non-hydrogen) atoms. The van der Waals surface area contributed by atoms with Crippen LogP contribution in [0.4, 0.5) is 15.8 Å². The van der Waals surface area contributed by atoms with Crippen LogP contribution in [-0.2, 0) is 6.54 Å². The minimum atomic E-state index is -0.456. The van der Waals surface area contributed by atoms with Crippen molar-refractivity contribution in [3.63, 3.8) is 0 Å². The van der Waals surface area contributed by atoms with Crippen molar-refractivity contribution in [2.75, 3.05) is 36.0 Å². The van der Waals surface area contributed by atoms with Gasteiger partial charge in [0.1, 0.15) is 5.82 Å². The second-order valence-corrected chi connectivity index (χ2v) is 10.4. The summed E-state index contributed by atoms with van der Waals surface area (Å²) < 4.78 is 14.4. The Morgan fingerprint density at radius 1 is 0.973 bits per heavy atom. The molecule has 0 atom stereocenters. The molecule has 188 valence electrons. The van der Waals surface area contributed by atoms with E-state index >= 15 is 0 Å². The largest absolute Gasteiger partial charge is 0.368 e. The summed E-state index contributed by atoms with van der Waals surface area (Å²) in [6.07, 6.45) is 3.39. The van der Waals surface area contributed by atoms with Crippen LogP contribution in [0.3, 0.4) is 0 Å². The van der Waals surface area contributed by atoms with E-state index in [1.54, 1.807) is 35.5 Å². The number of rotatable bonds is 6. The number of aromatic nitrogens is 1. The molecule has 0 N–H and O–H groups in total. The van der Waals surface area contributed by atoms with Crippen LogP contribution >= 0.6 is 22.9 Å². The number of halogens is 2. The van der Waals surface area contributed by atoms with Gasteiger partial charge in [0.25, 0.3) is 11.8 Å². The molecular weight excluding hydrogens is 511 g/mol. The number of pyridine rings is 1. The number of nitrogens with zero attached hydrogens (tertiary/aromatic N) is 4. The van der Waals surface area contributed by atoms with Gasteiger partial charge in [0.15, 0.2) is 0 Å². The molecular formula is C28H24ClFN4O2S. The highest BCUT2D eigenvalue weighted by atomic mass is 35.5. The van der Waals surface area contributed by atoms with E-state index in [1.807, 2.05) is 41.3 Å². The molecule has 1 aliphatic rings. The van der Waals surface area contributed by atoms with Crippen LogP contribution in [0.25, 0.3) is 0 Å². The molecule has 0 saturated carbocycles. The summed E-state index contributed by atoms with van der Waals surface area (Å²) in [4.78, 5) is 36.6. The van der Waals surface area contributed by atoms with Crippen molar-refractivity contribution >= 4 is 46.1 Å². The predicted octanol–water partition coefficient (Wildman–Crippen LogP) is 5.75. The molecule has 0 bridgehead atoms. The summed E-state index contributed by atoms with van der Waals surface area (Å²) in [6, 6.07) is 20.7. The maximum absolute atomic E-state index is 13.8. The highest BCUT2D eigenvalue weighted by molar-refractivity contribution is 7.17. The van der Waals surface area contributed by atoms with Gasteiger partial charge in [-0.3, -0.25) is 14.6 Å². The number of carbonyl (C=O) groups excluding carboxylic acids is 2. The van der Waals surface area contributed by atoms with Crippen molar-refractivity contribution in [3.8, 4) is 0 Å². The molecule has 1 aliphatic heterocycles. The maximum atomic E-state index is 13.8. The number of carbonyl (C=O) groups is 2. The number of anilines is 2. The Hall–Kier alpha value is -3.75. The topological polar surface area (TPSA) is 56.8 Å². The molecule has 0 spiro atoms. The van der Waals surface area contributed by atoms with E-state index in [1.165, 1.54) is 29.5 Å². The third-order valence-electron chi connectivity index (χ3n) is 6.26. The first-order chi connectivity index (χ1) is 18.0. The zero-order chi connectivity index (χ0) is 25.8. The van der Waals surface area contributed by atoms with Crippen molar-refractivity contribution in [2.45, 2.75) is 6.54 Å². The van der Waals surface area contributed by atoms with Gasteiger partial charge in [0.2, 0.25) is 0 Å². The lowest BCUT2D eigenvalue weighted by Crippen LogP contribution is -2.48. The molecule has 2 aromatic heterocycles. The number of thiophene rings is 1. The number of hydrogen-bond donors (Lipinski definition) is 0. The molecule has 1 saturated heterocycles. The van der Waals surface area contributed by atoms with Gasteiger partial charge in [-0.25, -0.2) is 4.39 Å². The maximum Gasteiger partial charge on any atom is 0.264 e. The summed E-state index contributed by atoms with van der Waals surface area (Å²) >= 11 is 7.28. The fourth-order valence-corrected chi connectivity index (χ4v) is 5.34. The lowest BCUT2D eigenvalue weighted by molar-refractivity contribution is 0.0751. The fourth-order valence-electron chi connectivity index (χ4n) is 4.33. The van der Waals surface area contributed by atoms with Crippen molar-refractivity contribution in [1.29, 1.82) is 0 Å². The third kappa shape index (κ3) is 5.81. The molecule has 5 rings (SSSR count). The Morgan fingerprint density at radius 3 is 2.41 bits per heavy atom. The normalized spacial score (nSPS) is 13.5. The van der Waals surface area contributed by atoms with Gasteiger partial charge in [0, 0.05) is 55.5 Å². The summed E-state index contributed by atoms with van der Waals surface area (Å²) in [5.74, 6) is -0.743. The van der Waals surface area contributed by atoms with E-state index in [0.29, 0.717) is 47.6 Å². The average Bonchev–Trinajstić information content (AvgIpc) is 3.38. The molecule has 2 aromatic carbocycles. The van der Waals surface area contributed by atoms with Gasteiger partial charge in [-0.2, -0.15) is 0 Å². The molecule has 0 unspecified atom stereocenters. The SMILES string of the molecule is O=C(c1ccc(Cl)s1)N1CCN(c2ccc(N(Cc3cccnc3)C(=O)c3cccc(F)c3)cc2)CC1. The quantitative estimate of drug-likeness (QED) is 0.316. The predicted molar refractivity (Wildman–Crippen MR) is 145 cm³/mol. The van der Waals surface area contributed by atoms with E-state index in [-0.39, 0.29) is 17.4 Å². The minimum Gasteiger partial charge on any atom is -0.368 e. The third-order valence-corrected chi connectivity index (χ3v) is 7.48. The smallest absolute Gasteiger partial charge is 0.264 e. The van der Waals surface area contributed by atoms with Gasteiger partial charge in [-0.15, -0.1) is 11.3 Å². The Balaban J connectivity index is 1.31. The molecule has 6 nitrogen and oxygen atoms in total. The van der Waals surface area contributed by atoms with E-state index in [4.69, 9.17) is 11.6 Å². The van der Waals surface area contributed by atoms with E-state index in [2.05, 4.69) is 9.88 Å². The zero-order valence-electron chi connectivity index (χ0n) is 19.9. The van der Waals surface area contributed by atoms with Crippen LogP contribution < -0.4 is 9.80 Å². The van der Waals surface area contributed by atoms with Gasteiger partial charge in [-0.1, -0.05) is 23.7 Å². The van der Waals surface area contributed by atoms with Crippen molar-refractivity contribution < 1.29 is 14.0 Å². The second kappa shape index (κ2) is 11.1. The Labute approximate surface area is 223 Å². The van der Waals surface area contributed by atoms with Crippen molar-refractivity contribution in [1.82, 2.24) is 9.88 Å². The molecule has 9 heteroatoms. The fraction of sp³-hybridized carbons (Fsp3) is 0.179. The molecule has 0 radical (unpaired) electrons. The number of hydrogen-bond acceptors (Lipinski definition) is 5. The lowest BCUT2D eigenvalue weighted by Gasteiger charge is -2.36. The average molecular weight is 535 g/mol. The van der Waals surface area contributed by atoms with Gasteiger partial charge < -0.3 is 14.7 Å². The molecule has 2 amide bonds. The van der Waals surface area contributed by atoms with Crippen LogP contribution in [0.2, 0.25) is 4.34 Å². The Morgan fingerprint density at radius 2 is 1.76 bits per heavy atom. The number of amides is 2. The van der Waals surface area contributed by atoms with Crippen LogP contribution in [0.1, 0.15) is 25.6 Å². The van der Waals surface area contributed by atoms with Crippen LogP contribution in [0.5, 0.6) is 0 Å². The van der Waals surface area contributed by atoms with Crippen LogP contribution in [0, 0.1) is 5.82 Å². The molecule has 0 aliphatic carbocycles. The Kier molecular flexibility index (Phi) is 7.48. The van der Waals surface area contributed by atoms with Crippen LogP contribution in [-0.4, -0.2) is 47.9 Å². The van der Waals surface area contributed by atoms with Gasteiger partial charge >= 0.3 is 0 Å². The Bertz CT molecular complexity index is 1390. The summed E-state index contributed by atoms with van der Waals surface area (Å²) in [5.41, 5.74) is 2.85. The number of piperazine rings is 1. The summed E-state index contributed by atoms with van der Waals surface area (Å²) in [5, 5.41) is 0. The molecule has 4 aromatic rings. The minimum absolute atomic E-state index is 0.00815. The standard InChI is InChI=1S/C28H24ClFN4O2S/c29-26-11-10-25(37-26)28(36)33-15-13-32(14-16-33)23-6-8-24(9-7-23)34(19-20-3-2-12-31-18-20)27(35)21-4-1-5-22(30)17-21/h1-12,17-18H,13-16,19H2. The van der Waals surface area contributed by atoms with Crippen molar-refractivity contribution in [3.05, 3.63) is 111 Å². The summed E-state index contributed by atoms with van der Waals surface area (Å²) in [6.45, 7) is 2.93. The van der Waals surface area contributed by atoms with Crippen LogP contribution in [0.15, 0.2) is 85.2 Å². The van der Waals surface area contributed by atoms with E-state index < -0.39 is 5.82 Å². The number of benzene rings is 2. The zero-order valence-corrected chi connectivity index (χ0v) is 21.5.